The molecular formula is C28H21BrN2O5S. The van der Waals surface area contributed by atoms with Gasteiger partial charge in [-0.1, -0.05) is 69.7 Å². The first kappa shape index (κ1) is 23.7. The number of nitrogens with zero attached hydrogens (tertiary/aromatic N) is 2. The van der Waals surface area contributed by atoms with Crippen LogP contribution >= 0.6 is 27.3 Å². The number of carbonyl (C=O) groups excluding carboxylic acids is 1. The maximum Gasteiger partial charge on any atom is 0.338 e. The van der Waals surface area contributed by atoms with Gasteiger partial charge in [-0.3, -0.25) is 9.36 Å². The van der Waals surface area contributed by atoms with E-state index in [0.717, 1.165) is 26.4 Å². The van der Waals surface area contributed by atoms with Gasteiger partial charge in [0.25, 0.3) is 5.56 Å². The topological polar surface area (TPSA) is 79.1 Å². The van der Waals surface area contributed by atoms with Crippen molar-refractivity contribution in [2.75, 3.05) is 13.4 Å². The molecule has 2 aliphatic heterocycles. The predicted molar refractivity (Wildman–Crippen MR) is 145 cm³/mol. The van der Waals surface area contributed by atoms with E-state index in [1.165, 1.54) is 11.3 Å². The molecule has 0 amide bonds. The lowest BCUT2D eigenvalue weighted by Gasteiger charge is -2.25. The Labute approximate surface area is 224 Å². The Kier molecular flexibility index (Phi) is 5.97. The molecule has 4 aromatic rings. The van der Waals surface area contributed by atoms with Crippen molar-refractivity contribution < 1.29 is 19.0 Å². The van der Waals surface area contributed by atoms with Crippen molar-refractivity contribution in [1.82, 2.24) is 4.57 Å². The minimum absolute atomic E-state index is 0.161. The molecule has 0 saturated heterocycles. The van der Waals surface area contributed by atoms with Crippen molar-refractivity contribution in [2.45, 2.75) is 19.9 Å². The number of rotatable bonds is 4. The number of carbonyl (C=O) groups is 1. The zero-order valence-electron chi connectivity index (χ0n) is 20.0. The molecule has 7 nitrogen and oxygen atoms in total. The van der Waals surface area contributed by atoms with Gasteiger partial charge in [-0.25, -0.2) is 9.79 Å². The SMILES string of the molecule is CCOC(=O)C1=C(C)N=c2s/c(=C\c3cc4c(cc3Br)OCO4)c(=O)n2[C@H]1c1cccc2ccccc12. The second kappa shape index (κ2) is 9.32. The van der Waals surface area contributed by atoms with Crippen LogP contribution in [0.4, 0.5) is 0 Å². The minimum atomic E-state index is -0.677. The number of hydrogen-bond donors (Lipinski definition) is 0. The molecule has 1 atom stereocenters. The normalized spacial score (nSPS) is 16.6. The first-order valence-corrected chi connectivity index (χ1v) is 13.3. The lowest BCUT2D eigenvalue weighted by molar-refractivity contribution is -0.139. The van der Waals surface area contributed by atoms with E-state index in [9.17, 15) is 9.59 Å². The Hall–Kier alpha value is -3.69. The van der Waals surface area contributed by atoms with E-state index in [0.29, 0.717) is 32.1 Å². The Morgan fingerprint density at radius 2 is 1.95 bits per heavy atom. The van der Waals surface area contributed by atoms with Gasteiger partial charge in [0.2, 0.25) is 6.79 Å². The van der Waals surface area contributed by atoms with Crippen LogP contribution in [-0.2, 0) is 9.53 Å². The Morgan fingerprint density at radius 3 is 2.76 bits per heavy atom. The summed E-state index contributed by atoms with van der Waals surface area (Å²) < 4.78 is 19.3. The number of aromatic nitrogens is 1. The number of thiazole rings is 1. The van der Waals surface area contributed by atoms with E-state index >= 15 is 0 Å². The van der Waals surface area contributed by atoms with Crippen molar-refractivity contribution in [2.24, 2.45) is 4.99 Å². The van der Waals surface area contributed by atoms with Crippen molar-refractivity contribution >= 4 is 50.1 Å². The number of fused-ring (bicyclic) bond motifs is 3. The first-order valence-electron chi connectivity index (χ1n) is 11.7. The Morgan fingerprint density at radius 1 is 1.19 bits per heavy atom. The van der Waals surface area contributed by atoms with Crippen LogP contribution in [0.15, 0.2) is 80.1 Å². The fraction of sp³-hybridized carbons (Fsp3) is 0.179. The lowest BCUT2D eigenvalue weighted by atomic mass is 9.91. The van der Waals surface area contributed by atoms with E-state index in [1.807, 2.05) is 54.6 Å². The van der Waals surface area contributed by atoms with E-state index < -0.39 is 12.0 Å². The predicted octanol–water partition coefficient (Wildman–Crippen LogP) is 4.44. The average Bonchev–Trinajstić information content (AvgIpc) is 3.46. The fourth-order valence-electron chi connectivity index (χ4n) is 4.76. The summed E-state index contributed by atoms with van der Waals surface area (Å²) in [5.41, 5.74) is 2.28. The summed E-state index contributed by atoms with van der Waals surface area (Å²) in [5.74, 6) is 0.793. The van der Waals surface area contributed by atoms with Crippen LogP contribution in [0.3, 0.4) is 0 Å². The van der Waals surface area contributed by atoms with Crippen LogP contribution < -0.4 is 24.4 Å². The van der Waals surface area contributed by atoms with Crippen molar-refractivity contribution in [1.29, 1.82) is 0 Å². The molecule has 3 heterocycles. The zero-order chi connectivity index (χ0) is 25.7. The molecule has 0 N–H and O–H groups in total. The summed E-state index contributed by atoms with van der Waals surface area (Å²) in [6.07, 6.45) is 1.80. The number of ether oxygens (including phenoxy) is 3. The van der Waals surface area contributed by atoms with Gasteiger partial charge in [-0.2, -0.15) is 0 Å². The molecule has 0 saturated carbocycles. The highest BCUT2D eigenvalue weighted by atomic mass is 79.9. The third-order valence-electron chi connectivity index (χ3n) is 6.41. The quantitative estimate of drug-likeness (QED) is 0.335. The van der Waals surface area contributed by atoms with E-state index in [1.54, 1.807) is 24.5 Å². The molecule has 9 heteroatoms. The highest BCUT2D eigenvalue weighted by Crippen LogP contribution is 2.37. The summed E-state index contributed by atoms with van der Waals surface area (Å²) in [5, 5.41) is 1.98. The van der Waals surface area contributed by atoms with Crippen molar-refractivity contribution in [3.63, 3.8) is 0 Å². The van der Waals surface area contributed by atoms with Gasteiger partial charge in [-0.15, -0.1) is 0 Å². The van der Waals surface area contributed by atoms with Crippen LogP contribution in [0.2, 0.25) is 0 Å². The second-order valence-corrected chi connectivity index (χ2v) is 10.5. The number of halogens is 1. The van der Waals surface area contributed by atoms with Gasteiger partial charge >= 0.3 is 5.97 Å². The summed E-state index contributed by atoms with van der Waals surface area (Å²) in [6.45, 7) is 3.93. The molecule has 2 aliphatic rings. The van der Waals surface area contributed by atoms with E-state index in [4.69, 9.17) is 14.2 Å². The van der Waals surface area contributed by atoms with Gasteiger partial charge < -0.3 is 14.2 Å². The third kappa shape index (κ3) is 3.98. The molecule has 0 aliphatic carbocycles. The maximum absolute atomic E-state index is 14.0. The van der Waals surface area contributed by atoms with Crippen LogP contribution in [-0.4, -0.2) is 23.9 Å². The number of esters is 1. The van der Waals surface area contributed by atoms with Gasteiger partial charge in [0.1, 0.15) is 0 Å². The summed E-state index contributed by atoms with van der Waals surface area (Å²) in [4.78, 5) is 32.4. The molecule has 37 heavy (non-hydrogen) atoms. The molecule has 0 fully saturated rings. The summed E-state index contributed by atoms with van der Waals surface area (Å²) in [7, 11) is 0. The number of benzene rings is 3. The maximum atomic E-state index is 14.0. The molecule has 0 spiro atoms. The first-order chi connectivity index (χ1) is 18.0. The highest BCUT2D eigenvalue weighted by Gasteiger charge is 2.34. The largest absolute Gasteiger partial charge is 0.463 e. The molecular weight excluding hydrogens is 556 g/mol. The number of hydrogen-bond acceptors (Lipinski definition) is 7. The third-order valence-corrected chi connectivity index (χ3v) is 8.08. The van der Waals surface area contributed by atoms with Gasteiger partial charge in [0, 0.05) is 4.47 Å². The summed E-state index contributed by atoms with van der Waals surface area (Å²) in [6, 6.07) is 16.8. The van der Waals surface area contributed by atoms with E-state index in [2.05, 4.69) is 20.9 Å². The standard InChI is InChI=1S/C28H21BrN2O5S/c1-3-34-27(33)24-15(2)30-28-31(25(24)19-10-6-8-16-7-4-5-9-18(16)19)26(32)23(37-28)12-17-11-21-22(13-20(17)29)36-14-35-21/h4-13,25H,3,14H2,1-2H3/b23-12-/t25-/m0/s1. The monoisotopic (exact) mass is 576 g/mol. The Bertz CT molecular complexity index is 1800. The summed E-state index contributed by atoms with van der Waals surface area (Å²) >= 11 is 4.85. The van der Waals surface area contributed by atoms with Crippen molar-refractivity contribution in [3.05, 3.63) is 101 Å². The molecule has 1 aromatic heterocycles. The minimum Gasteiger partial charge on any atom is -0.463 e. The van der Waals surface area contributed by atoms with Crippen LogP contribution in [0, 0.1) is 0 Å². The van der Waals surface area contributed by atoms with Crippen LogP contribution in [0.1, 0.15) is 31.0 Å². The Balaban J connectivity index is 1.60. The van der Waals surface area contributed by atoms with Gasteiger partial charge in [-0.05, 0) is 54.0 Å². The smallest absolute Gasteiger partial charge is 0.338 e. The average molecular weight is 577 g/mol. The highest BCUT2D eigenvalue weighted by molar-refractivity contribution is 9.10. The van der Waals surface area contributed by atoms with Crippen LogP contribution in [0.5, 0.6) is 11.5 Å². The molecule has 186 valence electrons. The van der Waals surface area contributed by atoms with Gasteiger partial charge in [0.05, 0.1) is 28.5 Å². The second-order valence-electron chi connectivity index (χ2n) is 8.60. The molecule has 6 rings (SSSR count). The number of allylic oxidation sites excluding steroid dienone is 1. The molecule has 0 bridgehead atoms. The van der Waals surface area contributed by atoms with Gasteiger partial charge in [0.15, 0.2) is 16.3 Å². The fourth-order valence-corrected chi connectivity index (χ4v) is 6.23. The lowest BCUT2D eigenvalue weighted by Crippen LogP contribution is -2.40. The zero-order valence-corrected chi connectivity index (χ0v) is 22.4. The van der Waals surface area contributed by atoms with E-state index in [-0.39, 0.29) is 19.0 Å². The molecule has 0 radical (unpaired) electrons. The molecule has 3 aromatic carbocycles. The molecule has 0 unspecified atom stereocenters. The van der Waals surface area contributed by atoms with Crippen LogP contribution in [0.25, 0.3) is 16.8 Å². The van der Waals surface area contributed by atoms with Crippen molar-refractivity contribution in [3.8, 4) is 11.5 Å².